The number of carboxylic acids is 1. The van der Waals surface area contributed by atoms with Crippen molar-refractivity contribution in [2.24, 2.45) is 0 Å². The third-order valence-electron chi connectivity index (χ3n) is 2.81. The SMILES string of the molecule is Cc1cccc2nc(CC(=O)O)n(C(C)C)c12. The van der Waals surface area contributed by atoms with Crippen LogP contribution >= 0.6 is 0 Å². The van der Waals surface area contributed by atoms with Crippen molar-refractivity contribution in [1.82, 2.24) is 9.55 Å². The number of nitrogens with zero attached hydrogens (tertiary/aromatic N) is 2. The minimum Gasteiger partial charge on any atom is -0.481 e. The van der Waals surface area contributed by atoms with E-state index in [2.05, 4.69) is 4.98 Å². The van der Waals surface area contributed by atoms with Crippen molar-refractivity contribution >= 4 is 17.0 Å². The van der Waals surface area contributed by atoms with Gasteiger partial charge in [-0.3, -0.25) is 4.79 Å². The number of benzene rings is 1. The molecule has 0 unspecified atom stereocenters. The maximum Gasteiger partial charge on any atom is 0.311 e. The van der Waals surface area contributed by atoms with E-state index < -0.39 is 5.97 Å². The minimum absolute atomic E-state index is 0.0354. The summed E-state index contributed by atoms with van der Waals surface area (Å²) in [5, 5.41) is 8.91. The van der Waals surface area contributed by atoms with Crippen LogP contribution < -0.4 is 0 Å². The maximum atomic E-state index is 10.9. The number of rotatable bonds is 3. The second kappa shape index (κ2) is 4.20. The smallest absolute Gasteiger partial charge is 0.311 e. The van der Waals surface area contributed by atoms with Gasteiger partial charge >= 0.3 is 5.97 Å². The highest BCUT2D eigenvalue weighted by molar-refractivity contribution is 5.81. The Morgan fingerprint density at radius 2 is 2.18 bits per heavy atom. The van der Waals surface area contributed by atoms with Gasteiger partial charge in [0.15, 0.2) is 0 Å². The molecule has 4 nitrogen and oxygen atoms in total. The third-order valence-corrected chi connectivity index (χ3v) is 2.81. The van der Waals surface area contributed by atoms with Crippen molar-refractivity contribution in [2.45, 2.75) is 33.2 Å². The van der Waals surface area contributed by atoms with Crippen LogP contribution in [0.2, 0.25) is 0 Å². The number of carboxylic acid groups (broad SMARTS) is 1. The summed E-state index contributed by atoms with van der Waals surface area (Å²) in [6.45, 7) is 6.10. The van der Waals surface area contributed by atoms with E-state index in [1.165, 1.54) is 0 Å². The van der Waals surface area contributed by atoms with Crippen LogP contribution in [0.4, 0.5) is 0 Å². The molecule has 0 atom stereocenters. The molecule has 2 rings (SSSR count). The molecule has 0 fully saturated rings. The van der Waals surface area contributed by atoms with E-state index in [9.17, 15) is 4.79 Å². The highest BCUT2D eigenvalue weighted by atomic mass is 16.4. The largest absolute Gasteiger partial charge is 0.481 e. The molecule has 0 aliphatic heterocycles. The van der Waals surface area contributed by atoms with Crippen LogP contribution in [0.3, 0.4) is 0 Å². The average molecular weight is 232 g/mol. The van der Waals surface area contributed by atoms with Gasteiger partial charge in [0.2, 0.25) is 0 Å². The number of aryl methyl sites for hydroxylation is 1. The molecule has 0 saturated heterocycles. The van der Waals surface area contributed by atoms with Gasteiger partial charge in [-0.15, -0.1) is 0 Å². The van der Waals surface area contributed by atoms with Crippen LogP contribution in [0.25, 0.3) is 11.0 Å². The monoisotopic (exact) mass is 232 g/mol. The molecule has 0 saturated carbocycles. The summed E-state index contributed by atoms with van der Waals surface area (Å²) in [6, 6.07) is 6.09. The van der Waals surface area contributed by atoms with E-state index in [0.29, 0.717) is 5.82 Å². The summed E-state index contributed by atoms with van der Waals surface area (Å²) in [7, 11) is 0. The molecule has 0 bridgehead atoms. The zero-order chi connectivity index (χ0) is 12.6. The van der Waals surface area contributed by atoms with Gasteiger partial charge in [-0.05, 0) is 32.4 Å². The Labute approximate surface area is 99.9 Å². The van der Waals surface area contributed by atoms with E-state index in [4.69, 9.17) is 5.11 Å². The number of imidazole rings is 1. The number of aliphatic carboxylic acids is 1. The van der Waals surface area contributed by atoms with Crippen LogP contribution in [-0.4, -0.2) is 20.6 Å². The van der Waals surface area contributed by atoms with Crippen LogP contribution in [0.15, 0.2) is 18.2 Å². The van der Waals surface area contributed by atoms with E-state index in [1.54, 1.807) is 0 Å². The van der Waals surface area contributed by atoms with Gasteiger partial charge in [0.1, 0.15) is 12.2 Å². The molecule has 1 aromatic heterocycles. The normalized spacial score (nSPS) is 11.3. The predicted molar refractivity (Wildman–Crippen MR) is 66.2 cm³/mol. The second-order valence-electron chi connectivity index (χ2n) is 4.50. The topological polar surface area (TPSA) is 55.1 Å². The Hall–Kier alpha value is -1.84. The minimum atomic E-state index is -0.847. The van der Waals surface area contributed by atoms with Gasteiger partial charge in [-0.1, -0.05) is 12.1 Å². The summed E-state index contributed by atoms with van der Waals surface area (Å²) in [6.07, 6.45) is -0.0354. The van der Waals surface area contributed by atoms with Crippen molar-refractivity contribution in [3.8, 4) is 0 Å². The Kier molecular flexibility index (Phi) is 2.88. The number of hydrogen-bond donors (Lipinski definition) is 1. The lowest BCUT2D eigenvalue weighted by Gasteiger charge is -2.13. The Morgan fingerprint density at radius 3 is 2.76 bits per heavy atom. The summed E-state index contributed by atoms with van der Waals surface area (Å²) >= 11 is 0. The number of para-hydroxylation sites is 1. The zero-order valence-electron chi connectivity index (χ0n) is 10.3. The Bertz CT molecular complexity index is 570. The van der Waals surface area contributed by atoms with Crippen LogP contribution in [-0.2, 0) is 11.2 Å². The van der Waals surface area contributed by atoms with Gasteiger partial charge in [0.25, 0.3) is 0 Å². The van der Waals surface area contributed by atoms with Crippen molar-refractivity contribution in [3.63, 3.8) is 0 Å². The quantitative estimate of drug-likeness (QED) is 0.884. The van der Waals surface area contributed by atoms with E-state index >= 15 is 0 Å². The van der Waals surface area contributed by atoms with Gasteiger partial charge in [0, 0.05) is 6.04 Å². The summed E-state index contributed by atoms with van der Waals surface area (Å²) in [5.74, 6) is -0.225. The van der Waals surface area contributed by atoms with Gasteiger partial charge < -0.3 is 9.67 Å². The molecule has 1 aromatic carbocycles. The fraction of sp³-hybridized carbons (Fsp3) is 0.385. The third kappa shape index (κ3) is 2.02. The molecular weight excluding hydrogens is 216 g/mol. The number of hydrogen-bond acceptors (Lipinski definition) is 2. The predicted octanol–water partition coefficient (Wildman–Crippen LogP) is 2.55. The van der Waals surface area contributed by atoms with E-state index in [0.717, 1.165) is 16.6 Å². The molecule has 90 valence electrons. The molecule has 0 spiro atoms. The molecule has 0 amide bonds. The molecule has 4 heteroatoms. The molecule has 17 heavy (non-hydrogen) atoms. The van der Waals surface area contributed by atoms with Crippen LogP contribution in [0.1, 0.15) is 31.3 Å². The summed E-state index contributed by atoms with van der Waals surface area (Å²) < 4.78 is 2.01. The first kappa shape index (κ1) is 11.6. The van der Waals surface area contributed by atoms with E-state index in [1.807, 2.05) is 43.5 Å². The maximum absolute atomic E-state index is 10.9. The fourth-order valence-corrected chi connectivity index (χ4v) is 2.19. The Morgan fingerprint density at radius 1 is 1.47 bits per heavy atom. The second-order valence-corrected chi connectivity index (χ2v) is 4.50. The molecule has 2 aromatic rings. The van der Waals surface area contributed by atoms with Crippen LogP contribution in [0, 0.1) is 6.92 Å². The average Bonchev–Trinajstić information content (AvgIpc) is 2.56. The van der Waals surface area contributed by atoms with Crippen molar-refractivity contribution in [2.75, 3.05) is 0 Å². The van der Waals surface area contributed by atoms with Gasteiger partial charge in [0.05, 0.1) is 11.0 Å². The lowest BCUT2D eigenvalue weighted by molar-refractivity contribution is -0.136. The van der Waals surface area contributed by atoms with Crippen LogP contribution in [0.5, 0.6) is 0 Å². The fourth-order valence-electron chi connectivity index (χ4n) is 2.19. The summed E-state index contributed by atoms with van der Waals surface area (Å²) in [4.78, 5) is 15.3. The van der Waals surface area contributed by atoms with Crippen molar-refractivity contribution < 1.29 is 9.90 Å². The standard InChI is InChI=1S/C13H16N2O2/c1-8(2)15-11(7-12(16)17)14-10-6-4-5-9(3)13(10)15/h4-6,8H,7H2,1-3H3,(H,16,17). The molecule has 1 heterocycles. The highest BCUT2D eigenvalue weighted by Crippen LogP contribution is 2.24. The molecule has 0 aliphatic rings. The molecular formula is C13H16N2O2. The zero-order valence-corrected chi connectivity index (χ0v) is 10.3. The molecule has 0 aliphatic carbocycles. The first-order valence-electron chi connectivity index (χ1n) is 5.69. The van der Waals surface area contributed by atoms with Crippen molar-refractivity contribution in [1.29, 1.82) is 0 Å². The molecule has 1 N–H and O–H groups in total. The highest BCUT2D eigenvalue weighted by Gasteiger charge is 2.16. The van der Waals surface area contributed by atoms with E-state index in [-0.39, 0.29) is 12.5 Å². The lowest BCUT2D eigenvalue weighted by Crippen LogP contribution is -2.11. The lowest BCUT2D eigenvalue weighted by atomic mass is 10.2. The number of fused-ring (bicyclic) bond motifs is 1. The first-order valence-corrected chi connectivity index (χ1v) is 5.69. The Balaban J connectivity index is 2.71. The van der Waals surface area contributed by atoms with Crippen molar-refractivity contribution in [3.05, 3.63) is 29.6 Å². The first-order chi connectivity index (χ1) is 8.00. The number of carbonyl (C=O) groups is 1. The van der Waals surface area contributed by atoms with Gasteiger partial charge in [-0.25, -0.2) is 4.98 Å². The molecule has 0 radical (unpaired) electrons. The van der Waals surface area contributed by atoms with Gasteiger partial charge in [-0.2, -0.15) is 0 Å². The number of aromatic nitrogens is 2. The summed E-state index contributed by atoms with van der Waals surface area (Å²) in [5.41, 5.74) is 3.04.